The minimum absolute atomic E-state index is 0.0721. The molecule has 8 heteroatoms. The molecule has 108 valence electrons. The molecule has 2 heterocycles. The highest BCUT2D eigenvalue weighted by Gasteiger charge is 2.13. The van der Waals surface area contributed by atoms with E-state index in [4.69, 9.17) is 0 Å². The number of hydrogen-bond acceptors (Lipinski definition) is 6. The second-order valence-electron chi connectivity index (χ2n) is 4.48. The van der Waals surface area contributed by atoms with Crippen molar-refractivity contribution < 1.29 is 10.0 Å². The lowest BCUT2D eigenvalue weighted by atomic mass is 10.2. The molecule has 7 nitrogen and oxygen atoms in total. The second-order valence-corrected chi connectivity index (χ2v) is 5.46. The molecule has 1 unspecified atom stereocenters. The van der Waals surface area contributed by atoms with Crippen LogP contribution in [0.4, 0.5) is 5.69 Å². The quantitative estimate of drug-likeness (QED) is 0.597. The fourth-order valence-corrected chi connectivity index (χ4v) is 2.54. The zero-order valence-electron chi connectivity index (χ0n) is 11.0. The molecule has 2 atom stereocenters. The fraction of sp³-hybridized carbons (Fsp3) is 0.417. The van der Waals surface area contributed by atoms with Crippen LogP contribution in [0.2, 0.25) is 0 Å². The van der Waals surface area contributed by atoms with E-state index < -0.39 is 11.0 Å². The molecule has 0 aromatic carbocycles. The van der Waals surface area contributed by atoms with Crippen LogP contribution in [0.5, 0.6) is 0 Å². The molecule has 0 aliphatic rings. The van der Waals surface area contributed by atoms with Crippen molar-refractivity contribution in [1.29, 1.82) is 0 Å². The average molecular weight is 296 g/mol. The van der Waals surface area contributed by atoms with E-state index in [-0.39, 0.29) is 18.3 Å². The molecule has 0 bridgehead atoms. The Morgan fingerprint density at radius 1 is 1.65 bits per heavy atom. The Hall–Kier alpha value is -1.77. The summed E-state index contributed by atoms with van der Waals surface area (Å²) in [7, 11) is 0. The standard InChI is InChI=1S/C12H16N4O3S/c1-9(12-3-2-4-20-12)13-6-11(17)8-15-7-10(5-14-15)16(18)19/h2-5,7,9,11,13,17H,6,8H2,1H3/t9-,11?/m1/s1. The summed E-state index contributed by atoms with van der Waals surface area (Å²) in [4.78, 5) is 11.2. The third kappa shape index (κ3) is 3.86. The summed E-state index contributed by atoms with van der Waals surface area (Å²) in [6, 6.07) is 4.18. The Morgan fingerprint density at radius 2 is 2.45 bits per heavy atom. The first-order valence-electron chi connectivity index (χ1n) is 6.18. The first-order chi connectivity index (χ1) is 9.56. The van der Waals surface area contributed by atoms with Crippen molar-refractivity contribution in [3.63, 3.8) is 0 Å². The molecular formula is C12H16N4O3S. The highest BCUT2D eigenvalue weighted by Crippen LogP contribution is 2.17. The van der Waals surface area contributed by atoms with Gasteiger partial charge in [-0.15, -0.1) is 11.3 Å². The summed E-state index contributed by atoms with van der Waals surface area (Å²) in [5.74, 6) is 0. The number of rotatable bonds is 7. The molecule has 0 saturated heterocycles. The van der Waals surface area contributed by atoms with Crippen LogP contribution in [-0.2, 0) is 6.54 Å². The van der Waals surface area contributed by atoms with Crippen molar-refractivity contribution in [3.05, 3.63) is 44.9 Å². The fourth-order valence-electron chi connectivity index (χ4n) is 1.78. The van der Waals surface area contributed by atoms with Gasteiger partial charge in [0.05, 0.1) is 17.6 Å². The van der Waals surface area contributed by atoms with Gasteiger partial charge in [-0.05, 0) is 18.4 Å². The monoisotopic (exact) mass is 296 g/mol. The molecular weight excluding hydrogens is 280 g/mol. The first-order valence-corrected chi connectivity index (χ1v) is 7.06. The Labute approximate surface area is 120 Å². The molecule has 2 aromatic rings. The Balaban J connectivity index is 1.80. The van der Waals surface area contributed by atoms with Crippen LogP contribution in [0.1, 0.15) is 17.8 Å². The number of hydrogen-bond donors (Lipinski definition) is 2. The molecule has 0 spiro atoms. The lowest BCUT2D eigenvalue weighted by Crippen LogP contribution is -2.31. The number of thiophene rings is 1. The topological polar surface area (TPSA) is 93.2 Å². The summed E-state index contributed by atoms with van der Waals surface area (Å²) in [5, 5.41) is 29.5. The molecule has 2 rings (SSSR count). The summed E-state index contributed by atoms with van der Waals surface area (Å²) >= 11 is 1.66. The van der Waals surface area contributed by atoms with E-state index in [0.29, 0.717) is 6.54 Å². The molecule has 0 fully saturated rings. The molecule has 2 aromatic heterocycles. The Kier molecular flexibility index (Phi) is 4.83. The maximum atomic E-state index is 10.5. The summed E-state index contributed by atoms with van der Waals surface area (Å²) in [5.41, 5.74) is -0.0721. The van der Waals surface area contributed by atoms with E-state index in [0.717, 1.165) is 0 Å². The van der Waals surface area contributed by atoms with Crippen LogP contribution in [0.3, 0.4) is 0 Å². The number of nitrogens with one attached hydrogen (secondary N) is 1. The zero-order valence-corrected chi connectivity index (χ0v) is 11.8. The highest BCUT2D eigenvalue weighted by atomic mass is 32.1. The van der Waals surface area contributed by atoms with Gasteiger partial charge in [0.1, 0.15) is 12.4 Å². The Bertz CT molecular complexity index is 555. The number of aliphatic hydroxyl groups excluding tert-OH is 1. The van der Waals surface area contributed by atoms with Crippen molar-refractivity contribution in [3.8, 4) is 0 Å². The van der Waals surface area contributed by atoms with Crippen molar-refractivity contribution in [1.82, 2.24) is 15.1 Å². The predicted octanol–water partition coefficient (Wildman–Crippen LogP) is 1.56. The lowest BCUT2D eigenvalue weighted by Gasteiger charge is -2.16. The summed E-state index contributed by atoms with van der Waals surface area (Å²) in [6.07, 6.45) is 1.83. The van der Waals surface area contributed by atoms with Crippen molar-refractivity contribution in [2.24, 2.45) is 0 Å². The highest BCUT2D eigenvalue weighted by molar-refractivity contribution is 7.10. The number of aliphatic hydroxyl groups is 1. The van der Waals surface area contributed by atoms with Gasteiger partial charge in [-0.25, -0.2) is 0 Å². The second kappa shape index (κ2) is 6.60. The maximum absolute atomic E-state index is 10.5. The van der Waals surface area contributed by atoms with Gasteiger partial charge in [0, 0.05) is 17.5 Å². The normalized spacial score (nSPS) is 14.1. The predicted molar refractivity (Wildman–Crippen MR) is 75.6 cm³/mol. The van der Waals surface area contributed by atoms with Gasteiger partial charge in [-0.1, -0.05) is 6.07 Å². The molecule has 0 saturated carbocycles. The third-order valence-corrected chi connectivity index (χ3v) is 3.91. The zero-order chi connectivity index (χ0) is 14.5. The SMILES string of the molecule is C[C@@H](NCC(O)Cn1cc([N+](=O)[O-])cn1)c1cccs1. The van der Waals surface area contributed by atoms with Gasteiger partial charge in [0.25, 0.3) is 0 Å². The van der Waals surface area contributed by atoms with E-state index in [9.17, 15) is 15.2 Å². The van der Waals surface area contributed by atoms with Crippen molar-refractivity contribution in [2.45, 2.75) is 25.6 Å². The number of nitrogens with zero attached hydrogens (tertiary/aromatic N) is 3. The van der Waals surface area contributed by atoms with E-state index in [1.54, 1.807) is 11.3 Å². The number of nitro groups is 1. The largest absolute Gasteiger partial charge is 0.390 e. The smallest absolute Gasteiger partial charge is 0.306 e. The average Bonchev–Trinajstić information content (AvgIpc) is 3.06. The van der Waals surface area contributed by atoms with E-state index in [1.165, 1.54) is 22.0 Å². The van der Waals surface area contributed by atoms with Crippen molar-refractivity contribution >= 4 is 17.0 Å². The first kappa shape index (κ1) is 14.6. The van der Waals surface area contributed by atoms with Gasteiger partial charge in [0.15, 0.2) is 0 Å². The van der Waals surface area contributed by atoms with E-state index >= 15 is 0 Å². The summed E-state index contributed by atoms with van der Waals surface area (Å²) in [6.45, 7) is 2.64. The molecule has 0 amide bonds. The van der Waals surface area contributed by atoms with Crippen LogP contribution >= 0.6 is 11.3 Å². The van der Waals surface area contributed by atoms with Crippen LogP contribution < -0.4 is 5.32 Å². The van der Waals surface area contributed by atoms with Gasteiger partial charge in [0.2, 0.25) is 0 Å². The van der Waals surface area contributed by atoms with Gasteiger partial charge >= 0.3 is 5.69 Å². The van der Waals surface area contributed by atoms with Crippen LogP contribution in [0, 0.1) is 10.1 Å². The van der Waals surface area contributed by atoms with Gasteiger partial charge in [-0.3, -0.25) is 14.8 Å². The van der Waals surface area contributed by atoms with Gasteiger partial charge < -0.3 is 10.4 Å². The minimum Gasteiger partial charge on any atom is -0.390 e. The molecule has 2 N–H and O–H groups in total. The molecule has 0 aliphatic carbocycles. The van der Waals surface area contributed by atoms with E-state index in [1.807, 2.05) is 24.4 Å². The third-order valence-electron chi connectivity index (χ3n) is 2.86. The van der Waals surface area contributed by atoms with Crippen LogP contribution in [-0.4, -0.2) is 32.5 Å². The van der Waals surface area contributed by atoms with Crippen LogP contribution in [0.25, 0.3) is 0 Å². The maximum Gasteiger partial charge on any atom is 0.306 e. The van der Waals surface area contributed by atoms with Gasteiger partial charge in [-0.2, -0.15) is 5.10 Å². The summed E-state index contributed by atoms with van der Waals surface area (Å²) < 4.78 is 1.38. The molecule has 0 aliphatic heterocycles. The number of aromatic nitrogens is 2. The lowest BCUT2D eigenvalue weighted by molar-refractivity contribution is -0.385. The van der Waals surface area contributed by atoms with E-state index in [2.05, 4.69) is 10.4 Å². The van der Waals surface area contributed by atoms with Crippen LogP contribution in [0.15, 0.2) is 29.9 Å². The Morgan fingerprint density at radius 3 is 3.05 bits per heavy atom. The van der Waals surface area contributed by atoms with Crippen molar-refractivity contribution in [2.75, 3.05) is 6.54 Å². The molecule has 20 heavy (non-hydrogen) atoms. The molecule has 0 radical (unpaired) electrons. The minimum atomic E-state index is -0.656.